The fourth-order valence-electron chi connectivity index (χ4n) is 2.84. The van der Waals surface area contributed by atoms with Gasteiger partial charge in [0.25, 0.3) is 0 Å². The summed E-state index contributed by atoms with van der Waals surface area (Å²) in [6.45, 7) is 3.05. The molecule has 0 aliphatic heterocycles. The van der Waals surface area contributed by atoms with Crippen molar-refractivity contribution in [2.75, 3.05) is 13.6 Å². The molecule has 2 fully saturated rings. The van der Waals surface area contributed by atoms with Gasteiger partial charge in [0.05, 0.1) is 5.92 Å². The first-order valence-electron chi connectivity index (χ1n) is 6.46. The van der Waals surface area contributed by atoms with Crippen molar-refractivity contribution >= 4 is 11.9 Å². The van der Waals surface area contributed by atoms with Crippen LogP contribution in [0.1, 0.15) is 32.6 Å². The summed E-state index contributed by atoms with van der Waals surface area (Å²) in [6.07, 6.45) is 3.14. The van der Waals surface area contributed by atoms with Crippen LogP contribution >= 0.6 is 0 Å². The summed E-state index contributed by atoms with van der Waals surface area (Å²) in [5.41, 5.74) is 0. The number of rotatable bonds is 4. The molecule has 2 aliphatic rings. The molecule has 2 aliphatic carbocycles. The molecule has 0 aromatic rings. The maximum absolute atomic E-state index is 12.1. The number of carboxylic acid groups (broad SMARTS) is 1. The number of aliphatic carboxylic acids is 1. The minimum absolute atomic E-state index is 0.0600. The van der Waals surface area contributed by atoms with E-state index in [-0.39, 0.29) is 17.7 Å². The van der Waals surface area contributed by atoms with E-state index in [0.29, 0.717) is 18.8 Å². The minimum atomic E-state index is -0.751. The quantitative estimate of drug-likeness (QED) is 0.810. The first kappa shape index (κ1) is 12.4. The van der Waals surface area contributed by atoms with Gasteiger partial charge < -0.3 is 10.0 Å². The van der Waals surface area contributed by atoms with Gasteiger partial charge in [0, 0.05) is 19.5 Å². The molecule has 0 heterocycles. The summed E-state index contributed by atoms with van der Waals surface area (Å²) in [7, 11) is 1.85. The normalized spacial score (nSPS) is 35.6. The first-order valence-corrected chi connectivity index (χ1v) is 6.46. The predicted molar refractivity (Wildman–Crippen MR) is 63.4 cm³/mol. The van der Waals surface area contributed by atoms with E-state index >= 15 is 0 Å². The summed E-state index contributed by atoms with van der Waals surface area (Å²) in [5.74, 6) is 0.445. The maximum atomic E-state index is 12.1. The van der Waals surface area contributed by atoms with E-state index in [1.165, 1.54) is 6.42 Å². The van der Waals surface area contributed by atoms with Crippen LogP contribution in [0.15, 0.2) is 0 Å². The van der Waals surface area contributed by atoms with Crippen molar-refractivity contribution < 1.29 is 14.7 Å². The molecule has 0 spiro atoms. The van der Waals surface area contributed by atoms with Gasteiger partial charge in [0.1, 0.15) is 0 Å². The van der Waals surface area contributed by atoms with Crippen molar-refractivity contribution in [3.63, 3.8) is 0 Å². The second-order valence-corrected chi connectivity index (χ2v) is 5.74. The predicted octanol–water partition coefficient (Wildman–Crippen LogP) is 1.60. The highest BCUT2D eigenvalue weighted by molar-refractivity contribution is 5.80. The standard InChI is InChI=1S/C13H21NO3/c1-8-5-11(8)7-14(2)12(15)9-3-4-10(6-9)13(16)17/h8-11H,3-7H2,1-2H3,(H,16,17)/t8?,9-,10+,11?/m1/s1. The molecule has 2 saturated carbocycles. The molecule has 0 aromatic carbocycles. The zero-order valence-corrected chi connectivity index (χ0v) is 10.6. The van der Waals surface area contributed by atoms with Gasteiger partial charge in [-0.2, -0.15) is 0 Å². The summed E-state index contributed by atoms with van der Waals surface area (Å²) in [6, 6.07) is 0. The highest BCUT2D eigenvalue weighted by Gasteiger charge is 2.38. The minimum Gasteiger partial charge on any atom is -0.481 e. The third kappa shape index (κ3) is 2.79. The van der Waals surface area contributed by atoms with Crippen molar-refractivity contribution in [3.8, 4) is 0 Å². The lowest BCUT2D eigenvalue weighted by Crippen LogP contribution is -2.34. The molecule has 4 nitrogen and oxygen atoms in total. The van der Waals surface area contributed by atoms with Gasteiger partial charge in [-0.05, 0) is 37.5 Å². The van der Waals surface area contributed by atoms with E-state index in [1.807, 2.05) is 11.9 Å². The topological polar surface area (TPSA) is 57.6 Å². The third-order valence-electron chi connectivity index (χ3n) is 4.29. The largest absolute Gasteiger partial charge is 0.481 e. The molecule has 4 heteroatoms. The van der Waals surface area contributed by atoms with Crippen LogP contribution in [0.2, 0.25) is 0 Å². The lowest BCUT2D eigenvalue weighted by atomic mass is 10.0. The van der Waals surface area contributed by atoms with Crippen molar-refractivity contribution in [1.82, 2.24) is 4.90 Å². The van der Waals surface area contributed by atoms with Crippen molar-refractivity contribution in [3.05, 3.63) is 0 Å². The monoisotopic (exact) mass is 239 g/mol. The maximum Gasteiger partial charge on any atom is 0.306 e. The second kappa shape index (κ2) is 4.67. The molecule has 0 bridgehead atoms. The molecular weight excluding hydrogens is 218 g/mol. The van der Waals surface area contributed by atoms with Crippen LogP contribution < -0.4 is 0 Å². The summed E-state index contributed by atoms with van der Waals surface area (Å²) < 4.78 is 0. The van der Waals surface area contributed by atoms with Gasteiger partial charge >= 0.3 is 5.97 Å². The molecule has 0 aromatic heterocycles. The smallest absolute Gasteiger partial charge is 0.306 e. The summed E-state index contributed by atoms with van der Waals surface area (Å²) in [5, 5.41) is 8.92. The molecule has 2 unspecified atom stereocenters. The Bertz CT molecular complexity index is 329. The van der Waals surface area contributed by atoms with Crippen molar-refractivity contribution in [1.29, 1.82) is 0 Å². The number of amides is 1. The zero-order valence-electron chi connectivity index (χ0n) is 10.6. The van der Waals surface area contributed by atoms with Crippen LogP contribution in [0.5, 0.6) is 0 Å². The number of hydrogen-bond donors (Lipinski definition) is 1. The van der Waals surface area contributed by atoms with E-state index in [2.05, 4.69) is 6.92 Å². The average molecular weight is 239 g/mol. The molecule has 17 heavy (non-hydrogen) atoms. The van der Waals surface area contributed by atoms with Gasteiger partial charge in [-0.15, -0.1) is 0 Å². The molecule has 1 N–H and O–H groups in total. The first-order chi connectivity index (χ1) is 7.99. The lowest BCUT2D eigenvalue weighted by molar-refractivity contribution is -0.141. The fraction of sp³-hybridized carbons (Fsp3) is 0.846. The van der Waals surface area contributed by atoms with Gasteiger partial charge in [-0.25, -0.2) is 0 Å². The average Bonchev–Trinajstić information content (AvgIpc) is 2.82. The SMILES string of the molecule is CC1CC1CN(C)C(=O)[C@@H]1CC[C@H](C(=O)O)C1. The van der Waals surface area contributed by atoms with Gasteiger partial charge in [-0.1, -0.05) is 6.92 Å². The van der Waals surface area contributed by atoms with Crippen LogP contribution in [-0.4, -0.2) is 35.5 Å². The van der Waals surface area contributed by atoms with Crippen molar-refractivity contribution in [2.45, 2.75) is 32.6 Å². The Balaban J connectivity index is 1.81. The van der Waals surface area contributed by atoms with Gasteiger partial charge in [-0.3, -0.25) is 9.59 Å². The molecule has 96 valence electrons. The Hall–Kier alpha value is -1.06. The number of hydrogen-bond acceptors (Lipinski definition) is 2. The van der Waals surface area contributed by atoms with Crippen LogP contribution in [0.3, 0.4) is 0 Å². The third-order valence-corrected chi connectivity index (χ3v) is 4.29. The van der Waals surface area contributed by atoms with Crippen LogP contribution in [0.4, 0.5) is 0 Å². The van der Waals surface area contributed by atoms with E-state index in [9.17, 15) is 9.59 Å². The van der Waals surface area contributed by atoms with E-state index < -0.39 is 5.97 Å². The summed E-state index contributed by atoms with van der Waals surface area (Å²) in [4.78, 5) is 24.8. The Morgan fingerprint density at radius 2 is 1.82 bits per heavy atom. The lowest BCUT2D eigenvalue weighted by Gasteiger charge is -2.21. The van der Waals surface area contributed by atoms with Crippen LogP contribution in [-0.2, 0) is 9.59 Å². The van der Waals surface area contributed by atoms with Crippen LogP contribution in [0, 0.1) is 23.7 Å². The Kier molecular flexibility index (Phi) is 3.40. The van der Waals surface area contributed by atoms with Crippen LogP contribution in [0.25, 0.3) is 0 Å². The number of carbonyl (C=O) groups excluding carboxylic acids is 1. The van der Waals surface area contributed by atoms with E-state index in [1.54, 1.807) is 0 Å². The number of nitrogens with zero attached hydrogens (tertiary/aromatic N) is 1. The Morgan fingerprint density at radius 1 is 1.24 bits per heavy atom. The van der Waals surface area contributed by atoms with E-state index in [4.69, 9.17) is 5.11 Å². The summed E-state index contributed by atoms with van der Waals surface area (Å²) >= 11 is 0. The Labute approximate surface area is 102 Å². The van der Waals surface area contributed by atoms with Gasteiger partial charge in [0.15, 0.2) is 0 Å². The molecule has 0 radical (unpaired) electrons. The van der Waals surface area contributed by atoms with Gasteiger partial charge in [0.2, 0.25) is 5.91 Å². The molecular formula is C13H21NO3. The highest BCUT2D eigenvalue weighted by atomic mass is 16.4. The second-order valence-electron chi connectivity index (χ2n) is 5.74. The molecule has 4 atom stereocenters. The Morgan fingerprint density at radius 3 is 2.29 bits per heavy atom. The molecule has 2 rings (SSSR count). The fourth-order valence-corrected chi connectivity index (χ4v) is 2.84. The molecule has 0 saturated heterocycles. The van der Waals surface area contributed by atoms with Crippen molar-refractivity contribution in [2.24, 2.45) is 23.7 Å². The number of carbonyl (C=O) groups is 2. The zero-order chi connectivity index (χ0) is 12.6. The highest BCUT2D eigenvalue weighted by Crippen LogP contribution is 2.39. The van der Waals surface area contributed by atoms with E-state index in [0.717, 1.165) is 18.9 Å². The number of carboxylic acids is 1. The molecule has 1 amide bonds.